The number of rotatable bonds is 7. The van der Waals surface area contributed by atoms with Gasteiger partial charge in [0.25, 0.3) is 5.56 Å². The Labute approximate surface area is 190 Å². The highest BCUT2D eigenvalue weighted by molar-refractivity contribution is 7.89. The van der Waals surface area contributed by atoms with Crippen molar-refractivity contribution in [1.29, 1.82) is 0 Å². The number of hydrogen-bond donors (Lipinski definition) is 1. The second kappa shape index (κ2) is 9.15. The van der Waals surface area contributed by atoms with E-state index >= 15 is 0 Å². The molecule has 4 rings (SSSR count). The van der Waals surface area contributed by atoms with Crippen molar-refractivity contribution in [3.63, 3.8) is 0 Å². The summed E-state index contributed by atoms with van der Waals surface area (Å²) in [4.78, 5) is 18.0. The highest BCUT2D eigenvalue weighted by Gasteiger charge is 2.15. The van der Waals surface area contributed by atoms with Crippen LogP contribution in [0.2, 0.25) is 0 Å². The smallest absolute Gasteiger partial charge is 0.266 e. The van der Waals surface area contributed by atoms with Crippen molar-refractivity contribution >= 4 is 21.4 Å². The molecule has 0 aliphatic carbocycles. The van der Waals surface area contributed by atoms with Crippen LogP contribution in [0.3, 0.4) is 0 Å². The van der Waals surface area contributed by atoms with Gasteiger partial charge in [-0.2, -0.15) is 5.10 Å². The number of aromatic nitrogens is 3. The van der Waals surface area contributed by atoms with Crippen molar-refractivity contribution in [3.8, 4) is 21.1 Å². The summed E-state index contributed by atoms with van der Waals surface area (Å²) in [5, 5.41) is 5.33. The Morgan fingerprint density at radius 1 is 1.00 bits per heavy atom. The molecule has 0 unspecified atom stereocenters. The van der Waals surface area contributed by atoms with Crippen LogP contribution in [-0.2, 0) is 16.6 Å². The van der Waals surface area contributed by atoms with E-state index in [-0.39, 0.29) is 23.5 Å². The van der Waals surface area contributed by atoms with Crippen molar-refractivity contribution in [2.45, 2.75) is 25.3 Å². The average Bonchev–Trinajstić information content (AvgIpc) is 3.17. The summed E-state index contributed by atoms with van der Waals surface area (Å²) in [6.45, 7) is 3.90. The molecular formula is C23H22N4O3S2. The molecular weight excluding hydrogens is 444 g/mol. The number of nitrogens with zero attached hydrogens (tertiary/aromatic N) is 3. The first-order valence-corrected chi connectivity index (χ1v) is 12.3. The van der Waals surface area contributed by atoms with Gasteiger partial charge in [0.2, 0.25) is 10.0 Å². The van der Waals surface area contributed by atoms with Gasteiger partial charge in [-0.15, -0.1) is 11.3 Å². The minimum atomic E-state index is -3.66. The lowest BCUT2D eigenvalue weighted by Crippen LogP contribution is -2.32. The van der Waals surface area contributed by atoms with E-state index in [1.807, 2.05) is 50.2 Å². The van der Waals surface area contributed by atoms with E-state index in [0.717, 1.165) is 26.7 Å². The van der Waals surface area contributed by atoms with Gasteiger partial charge >= 0.3 is 0 Å². The molecule has 0 aliphatic heterocycles. The SMILES string of the molecule is Cc1cccc(S(=O)(=O)NCCn2nc(-c3sc(-c4ccccc4)nc3C)ccc2=O)c1. The van der Waals surface area contributed by atoms with Crippen LogP contribution in [-0.4, -0.2) is 29.7 Å². The molecule has 164 valence electrons. The normalized spacial score (nSPS) is 11.6. The van der Waals surface area contributed by atoms with Gasteiger partial charge in [0, 0.05) is 18.2 Å². The summed E-state index contributed by atoms with van der Waals surface area (Å²) in [7, 11) is -3.66. The predicted molar refractivity (Wildman–Crippen MR) is 126 cm³/mol. The van der Waals surface area contributed by atoms with Crippen LogP contribution in [0.25, 0.3) is 21.1 Å². The monoisotopic (exact) mass is 466 g/mol. The fourth-order valence-electron chi connectivity index (χ4n) is 3.22. The summed E-state index contributed by atoms with van der Waals surface area (Å²) in [6.07, 6.45) is 0. The number of thiazole rings is 1. The number of benzene rings is 2. The molecule has 0 aliphatic rings. The van der Waals surface area contributed by atoms with Crippen LogP contribution in [0.1, 0.15) is 11.3 Å². The van der Waals surface area contributed by atoms with E-state index in [1.54, 1.807) is 18.2 Å². The van der Waals surface area contributed by atoms with Crippen molar-refractivity contribution in [3.05, 3.63) is 88.3 Å². The number of nitrogens with one attached hydrogen (secondary N) is 1. The van der Waals surface area contributed by atoms with Gasteiger partial charge in [0.1, 0.15) is 10.7 Å². The molecule has 0 saturated heterocycles. The van der Waals surface area contributed by atoms with E-state index < -0.39 is 10.0 Å². The number of hydrogen-bond acceptors (Lipinski definition) is 6. The zero-order valence-corrected chi connectivity index (χ0v) is 19.3. The molecule has 9 heteroatoms. The van der Waals surface area contributed by atoms with Gasteiger partial charge in [-0.25, -0.2) is 22.8 Å². The molecule has 0 spiro atoms. The number of aryl methyl sites for hydroxylation is 2. The lowest BCUT2D eigenvalue weighted by Gasteiger charge is -2.09. The molecule has 2 heterocycles. The zero-order valence-electron chi connectivity index (χ0n) is 17.6. The standard InChI is InChI=1S/C23H22N4O3S2/c1-16-7-6-10-19(15-16)32(29,30)24-13-14-27-21(28)12-11-20(26-27)22-17(2)25-23(31-22)18-8-4-3-5-9-18/h3-12,15,24H,13-14H2,1-2H3. The lowest BCUT2D eigenvalue weighted by atomic mass is 10.2. The third-order valence-corrected chi connectivity index (χ3v) is 7.52. The van der Waals surface area contributed by atoms with Gasteiger partial charge in [-0.1, -0.05) is 42.5 Å². The molecule has 32 heavy (non-hydrogen) atoms. The Morgan fingerprint density at radius 3 is 2.53 bits per heavy atom. The third kappa shape index (κ3) is 4.85. The van der Waals surface area contributed by atoms with Crippen LogP contribution in [0.5, 0.6) is 0 Å². The van der Waals surface area contributed by atoms with Crippen molar-refractivity contribution in [2.75, 3.05) is 6.54 Å². The molecule has 1 N–H and O–H groups in total. The predicted octanol–water partition coefficient (Wildman–Crippen LogP) is 3.63. The van der Waals surface area contributed by atoms with Gasteiger partial charge in [0.05, 0.1) is 22.0 Å². The summed E-state index contributed by atoms with van der Waals surface area (Å²) >= 11 is 1.51. The Hall–Kier alpha value is -3.14. The van der Waals surface area contributed by atoms with Crippen LogP contribution < -0.4 is 10.3 Å². The topological polar surface area (TPSA) is 93.9 Å². The molecule has 4 aromatic rings. The molecule has 2 aromatic carbocycles. The van der Waals surface area contributed by atoms with Crippen molar-refractivity contribution in [1.82, 2.24) is 19.5 Å². The van der Waals surface area contributed by atoms with E-state index in [2.05, 4.69) is 14.8 Å². The second-order valence-corrected chi connectivity index (χ2v) is 10.1. The van der Waals surface area contributed by atoms with Crippen LogP contribution in [0.15, 0.2) is 76.4 Å². The molecule has 0 fully saturated rings. The van der Waals surface area contributed by atoms with Crippen molar-refractivity contribution < 1.29 is 8.42 Å². The van der Waals surface area contributed by atoms with E-state index in [4.69, 9.17) is 0 Å². The maximum atomic E-state index is 12.5. The molecule has 0 radical (unpaired) electrons. The molecule has 0 saturated carbocycles. The Kier molecular flexibility index (Phi) is 6.31. The maximum Gasteiger partial charge on any atom is 0.266 e. The fourth-order valence-corrected chi connectivity index (χ4v) is 5.38. The molecule has 0 amide bonds. The largest absolute Gasteiger partial charge is 0.268 e. The molecule has 2 aromatic heterocycles. The number of sulfonamides is 1. The molecule has 7 nitrogen and oxygen atoms in total. The van der Waals surface area contributed by atoms with Crippen LogP contribution in [0, 0.1) is 13.8 Å². The zero-order chi connectivity index (χ0) is 22.7. The second-order valence-electron chi connectivity index (χ2n) is 7.29. The summed E-state index contributed by atoms with van der Waals surface area (Å²) in [5.41, 5.74) is 3.03. The van der Waals surface area contributed by atoms with Crippen LogP contribution in [0.4, 0.5) is 0 Å². The first kappa shape index (κ1) is 22.1. The van der Waals surface area contributed by atoms with Gasteiger partial charge < -0.3 is 0 Å². The van der Waals surface area contributed by atoms with E-state index in [9.17, 15) is 13.2 Å². The van der Waals surface area contributed by atoms with E-state index in [1.165, 1.54) is 28.2 Å². The van der Waals surface area contributed by atoms with E-state index in [0.29, 0.717) is 5.69 Å². The summed E-state index contributed by atoms with van der Waals surface area (Å²) in [6, 6.07) is 19.7. The summed E-state index contributed by atoms with van der Waals surface area (Å²) in [5.74, 6) is 0. The first-order valence-electron chi connectivity index (χ1n) is 10.0. The van der Waals surface area contributed by atoms with Gasteiger partial charge in [-0.05, 0) is 37.6 Å². The highest BCUT2D eigenvalue weighted by atomic mass is 32.2. The quantitative estimate of drug-likeness (QED) is 0.449. The molecule has 0 bridgehead atoms. The third-order valence-electron chi connectivity index (χ3n) is 4.83. The Morgan fingerprint density at radius 2 is 1.78 bits per heavy atom. The Bertz CT molecular complexity index is 1410. The lowest BCUT2D eigenvalue weighted by molar-refractivity contribution is 0.549. The summed E-state index contributed by atoms with van der Waals surface area (Å²) < 4.78 is 28.8. The fraction of sp³-hybridized carbons (Fsp3) is 0.174. The van der Waals surface area contributed by atoms with Gasteiger partial charge in [-0.3, -0.25) is 4.79 Å². The Balaban J connectivity index is 1.53. The van der Waals surface area contributed by atoms with Gasteiger partial charge in [0.15, 0.2) is 0 Å². The minimum Gasteiger partial charge on any atom is -0.268 e. The van der Waals surface area contributed by atoms with Crippen molar-refractivity contribution in [2.24, 2.45) is 0 Å². The first-order chi connectivity index (χ1) is 15.3. The maximum absolute atomic E-state index is 12.5. The minimum absolute atomic E-state index is 0.0452. The van der Waals surface area contributed by atoms with Crippen LogP contribution >= 0.6 is 11.3 Å². The average molecular weight is 467 g/mol. The highest BCUT2D eigenvalue weighted by Crippen LogP contribution is 2.33. The molecule has 0 atom stereocenters.